The summed E-state index contributed by atoms with van der Waals surface area (Å²) in [7, 11) is 0. The Morgan fingerprint density at radius 1 is 0.889 bits per heavy atom. The molecule has 0 radical (unpaired) electrons. The molecule has 0 aliphatic heterocycles. The molecule has 0 aliphatic rings. The van der Waals surface area contributed by atoms with Gasteiger partial charge < -0.3 is 0 Å². The number of hydrogen-bond acceptors (Lipinski definition) is 1. The molecule has 1 nitrogen and oxygen atoms in total. The standard InChI is InChI=1S/C17H17N/c1-17(2,3)14-8-9-15-13(11-14)7-6-12-5-4-10-18-16(12)15/h4-11H,1-3H3. The van der Waals surface area contributed by atoms with E-state index in [1.54, 1.807) is 0 Å². The van der Waals surface area contributed by atoms with Crippen molar-refractivity contribution in [2.24, 2.45) is 0 Å². The third-order valence-corrected chi connectivity index (χ3v) is 3.45. The fourth-order valence-electron chi connectivity index (χ4n) is 2.34. The highest BCUT2D eigenvalue weighted by Gasteiger charge is 2.14. The smallest absolute Gasteiger partial charge is 0.0780 e. The van der Waals surface area contributed by atoms with Crippen LogP contribution in [0, 0.1) is 0 Å². The Bertz CT molecular complexity index is 720. The largest absolute Gasteiger partial charge is 0.256 e. The van der Waals surface area contributed by atoms with Crippen molar-refractivity contribution in [3.63, 3.8) is 0 Å². The maximum atomic E-state index is 4.50. The van der Waals surface area contributed by atoms with Crippen molar-refractivity contribution in [1.82, 2.24) is 4.98 Å². The number of hydrogen-bond donors (Lipinski definition) is 0. The van der Waals surface area contributed by atoms with Crippen LogP contribution in [0.5, 0.6) is 0 Å². The molecular formula is C17H17N. The van der Waals surface area contributed by atoms with Crippen molar-refractivity contribution in [2.75, 3.05) is 0 Å². The van der Waals surface area contributed by atoms with E-state index in [1.165, 1.54) is 21.7 Å². The third kappa shape index (κ3) is 1.76. The quantitative estimate of drug-likeness (QED) is 0.515. The van der Waals surface area contributed by atoms with Gasteiger partial charge in [0.15, 0.2) is 0 Å². The van der Waals surface area contributed by atoms with Crippen LogP contribution < -0.4 is 0 Å². The summed E-state index contributed by atoms with van der Waals surface area (Å²) in [6.07, 6.45) is 1.86. The van der Waals surface area contributed by atoms with Crippen LogP contribution in [-0.4, -0.2) is 4.98 Å². The fraction of sp³-hybridized carbons (Fsp3) is 0.235. The minimum absolute atomic E-state index is 0.188. The highest BCUT2D eigenvalue weighted by molar-refractivity contribution is 6.05. The molecule has 2 aromatic carbocycles. The van der Waals surface area contributed by atoms with E-state index >= 15 is 0 Å². The summed E-state index contributed by atoms with van der Waals surface area (Å²) in [5, 5.41) is 3.71. The van der Waals surface area contributed by atoms with Crippen LogP contribution in [-0.2, 0) is 5.41 Å². The molecule has 0 atom stereocenters. The molecule has 0 spiro atoms. The highest BCUT2D eigenvalue weighted by Crippen LogP contribution is 2.29. The van der Waals surface area contributed by atoms with Crippen LogP contribution in [0.15, 0.2) is 48.7 Å². The first-order chi connectivity index (χ1) is 8.55. The average molecular weight is 235 g/mol. The van der Waals surface area contributed by atoms with E-state index in [4.69, 9.17) is 0 Å². The topological polar surface area (TPSA) is 12.9 Å². The van der Waals surface area contributed by atoms with E-state index in [2.05, 4.69) is 62.2 Å². The summed E-state index contributed by atoms with van der Waals surface area (Å²) in [5.74, 6) is 0. The Labute approximate surface area is 107 Å². The van der Waals surface area contributed by atoms with Gasteiger partial charge in [-0.05, 0) is 22.4 Å². The lowest BCUT2D eigenvalue weighted by molar-refractivity contribution is 0.591. The molecule has 1 aromatic heterocycles. The van der Waals surface area contributed by atoms with E-state index in [0.29, 0.717) is 0 Å². The van der Waals surface area contributed by atoms with Gasteiger partial charge in [-0.1, -0.05) is 57.2 Å². The minimum atomic E-state index is 0.188. The van der Waals surface area contributed by atoms with Crippen LogP contribution in [0.25, 0.3) is 21.7 Å². The van der Waals surface area contributed by atoms with E-state index in [9.17, 15) is 0 Å². The monoisotopic (exact) mass is 235 g/mol. The number of benzene rings is 2. The van der Waals surface area contributed by atoms with Gasteiger partial charge in [0.25, 0.3) is 0 Å². The van der Waals surface area contributed by atoms with Crippen LogP contribution in [0.1, 0.15) is 26.3 Å². The number of aromatic nitrogens is 1. The second-order valence-electron chi connectivity index (χ2n) is 5.83. The molecule has 3 rings (SSSR count). The van der Waals surface area contributed by atoms with E-state index in [0.717, 1.165) is 5.52 Å². The van der Waals surface area contributed by atoms with Crippen molar-refractivity contribution in [3.8, 4) is 0 Å². The number of nitrogens with zero attached hydrogens (tertiary/aromatic N) is 1. The van der Waals surface area contributed by atoms with Gasteiger partial charge in [-0.25, -0.2) is 0 Å². The van der Waals surface area contributed by atoms with Gasteiger partial charge >= 0.3 is 0 Å². The summed E-state index contributed by atoms with van der Waals surface area (Å²) in [5.41, 5.74) is 2.65. The van der Waals surface area contributed by atoms with Gasteiger partial charge in [-0.3, -0.25) is 4.98 Å². The molecule has 0 saturated carbocycles. The predicted molar refractivity (Wildman–Crippen MR) is 77.9 cm³/mol. The molecule has 0 saturated heterocycles. The third-order valence-electron chi connectivity index (χ3n) is 3.45. The molecule has 0 unspecified atom stereocenters. The molecule has 0 amide bonds. The average Bonchev–Trinajstić information content (AvgIpc) is 2.37. The number of fused-ring (bicyclic) bond motifs is 3. The van der Waals surface area contributed by atoms with Gasteiger partial charge in [-0.2, -0.15) is 0 Å². The molecule has 0 N–H and O–H groups in total. The van der Waals surface area contributed by atoms with Crippen molar-refractivity contribution >= 4 is 21.7 Å². The van der Waals surface area contributed by atoms with E-state index in [1.807, 2.05) is 12.3 Å². The molecule has 3 aromatic rings. The number of rotatable bonds is 0. The summed E-state index contributed by atoms with van der Waals surface area (Å²) in [6, 6.07) is 15.1. The second kappa shape index (κ2) is 3.81. The van der Waals surface area contributed by atoms with Crippen LogP contribution in [0.4, 0.5) is 0 Å². The molecular weight excluding hydrogens is 218 g/mol. The summed E-state index contributed by atoms with van der Waals surface area (Å²) in [4.78, 5) is 4.50. The number of pyridine rings is 1. The Hall–Kier alpha value is -1.89. The maximum Gasteiger partial charge on any atom is 0.0780 e. The van der Waals surface area contributed by atoms with Gasteiger partial charge in [0.1, 0.15) is 0 Å². The molecule has 0 fully saturated rings. The zero-order chi connectivity index (χ0) is 12.8. The highest BCUT2D eigenvalue weighted by atomic mass is 14.6. The van der Waals surface area contributed by atoms with Gasteiger partial charge in [-0.15, -0.1) is 0 Å². The normalized spacial score (nSPS) is 12.2. The molecule has 0 aliphatic carbocycles. The summed E-state index contributed by atoms with van der Waals surface area (Å²) < 4.78 is 0. The van der Waals surface area contributed by atoms with E-state index in [-0.39, 0.29) is 5.41 Å². The van der Waals surface area contributed by atoms with Crippen molar-refractivity contribution in [1.29, 1.82) is 0 Å². The summed E-state index contributed by atoms with van der Waals surface area (Å²) >= 11 is 0. The second-order valence-corrected chi connectivity index (χ2v) is 5.83. The Morgan fingerprint density at radius 2 is 1.67 bits per heavy atom. The minimum Gasteiger partial charge on any atom is -0.256 e. The van der Waals surface area contributed by atoms with Crippen LogP contribution in [0.3, 0.4) is 0 Å². The van der Waals surface area contributed by atoms with Crippen LogP contribution >= 0.6 is 0 Å². The molecule has 1 heterocycles. The Balaban J connectivity index is 2.35. The van der Waals surface area contributed by atoms with Crippen molar-refractivity contribution in [3.05, 3.63) is 54.2 Å². The van der Waals surface area contributed by atoms with Crippen molar-refractivity contribution in [2.45, 2.75) is 26.2 Å². The summed E-state index contributed by atoms with van der Waals surface area (Å²) in [6.45, 7) is 6.73. The SMILES string of the molecule is CC(C)(C)c1ccc2c(ccc3cccnc32)c1. The van der Waals surface area contributed by atoms with Gasteiger partial charge in [0.05, 0.1) is 5.52 Å². The molecule has 0 bridgehead atoms. The van der Waals surface area contributed by atoms with Crippen molar-refractivity contribution < 1.29 is 0 Å². The first-order valence-electron chi connectivity index (χ1n) is 6.34. The Morgan fingerprint density at radius 3 is 2.44 bits per heavy atom. The molecule has 18 heavy (non-hydrogen) atoms. The molecule has 90 valence electrons. The lowest BCUT2D eigenvalue weighted by atomic mass is 9.86. The first-order valence-corrected chi connectivity index (χ1v) is 6.34. The van der Waals surface area contributed by atoms with E-state index < -0.39 is 0 Å². The maximum absolute atomic E-state index is 4.50. The van der Waals surface area contributed by atoms with Gasteiger partial charge in [0, 0.05) is 17.0 Å². The first kappa shape index (κ1) is 11.2. The zero-order valence-corrected chi connectivity index (χ0v) is 11.1. The zero-order valence-electron chi connectivity index (χ0n) is 11.1. The van der Waals surface area contributed by atoms with Gasteiger partial charge in [0.2, 0.25) is 0 Å². The lowest BCUT2D eigenvalue weighted by Crippen LogP contribution is -2.10. The molecule has 1 heteroatoms. The lowest BCUT2D eigenvalue weighted by Gasteiger charge is -2.19. The Kier molecular flexibility index (Phi) is 2.37. The fourth-order valence-corrected chi connectivity index (χ4v) is 2.34. The predicted octanol–water partition coefficient (Wildman–Crippen LogP) is 4.69. The van der Waals surface area contributed by atoms with Crippen LogP contribution in [0.2, 0.25) is 0 Å².